The third-order valence-electron chi connectivity index (χ3n) is 5.24. The van der Waals surface area contributed by atoms with Gasteiger partial charge in [-0.25, -0.2) is 0 Å². The van der Waals surface area contributed by atoms with E-state index < -0.39 is 10.8 Å². The van der Waals surface area contributed by atoms with Gasteiger partial charge in [0.1, 0.15) is 0 Å². The van der Waals surface area contributed by atoms with Crippen LogP contribution in [-0.4, -0.2) is 16.6 Å². The molecular weight excluding hydrogens is 380 g/mol. The number of nitro groups is 1. The van der Waals surface area contributed by atoms with Crippen molar-refractivity contribution in [3.05, 3.63) is 80.5 Å². The van der Waals surface area contributed by atoms with Crippen molar-refractivity contribution in [1.29, 1.82) is 0 Å². The number of ketones is 1. The van der Waals surface area contributed by atoms with Gasteiger partial charge in [-0.1, -0.05) is 23.7 Å². The molecule has 1 unspecified atom stereocenters. The van der Waals surface area contributed by atoms with Crippen molar-refractivity contribution in [3.8, 4) is 0 Å². The Hall–Kier alpha value is -2.99. The minimum atomic E-state index is -0.466. The SMILES string of the molecule is O=C1CCCC2=C1C(c1cccc([N+](=O)[O-])c1)CC(=O)N2c1ccc(Cl)cc1. The van der Waals surface area contributed by atoms with Crippen LogP contribution in [0.25, 0.3) is 0 Å². The highest BCUT2D eigenvalue weighted by molar-refractivity contribution is 6.30. The Balaban J connectivity index is 1.84. The molecule has 2 aliphatic rings. The van der Waals surface area contributed by atoms with Gasteiger partial charge in [0.25, 0.3) is 5.69 Å². The van der Waals surface area contributed by atoms with Crippen LogP contribution in [-0.2, 0) is 9.59 Å². The molecule has 1 aliphatic heterocycles. The minimum Gasteiger partial charge on any atom is -0.294 e. The highest BCUT2D eigenvalue weighted by atomic mass is 35.5. The third-order valence-corrected chi connectivity index (χ3v) is 5.50. The second-order valence-corrected chi connectivity index (χ2v) is 7.39. The first-order valence-corrected chi connectivity index (χ1v) is 9.42. The number of nitro benzene ring substituents is 1. The quantitative estimate of drug-likeness (QED) is 0.552. The summed E-state index contributed by atoms with van der Waals surface area (Å²) in [6, 6.07) is 13.2. The molecule has 2 aromatic rings. The van der Waals surface area contributed by atoms with Crippen LogP contribution in [0.4, 0.5) is 11.4 Å². The Morgan fingerprint density at radius 2 is 1.82 bits per heavy atom. The summed E-state index contributed by atoms with van der Waals surface area (Å²) in [7, 11) is 0. The minimum absolute atomic E-state index is 0.00391. The fraction of sp³-hybridized carbons (Fsp3) is 0.238. The summed E-state index contributed by atoms with van der Waals surface area (Å²) < 4.78 is 0. The summed E-state index contributed by atoms with van der Waals surface area (Å²) in [4.78, 5) is 38.2. The summed E-state index contributed by atoms with van der Waals surface area (Å²) >= 11 is 5.97. The Bertz CT molecular complexity index is 1010. The van der Waals surface area contributed by atoms with Crippen LogP contribution >= 0.6 is 11.6 Å². The van der Waals surface area contributed by atoms with Gasteiger partial charge in [0.05, 0.1) is 4.92 Å². The molecule has 4 rings (SSSR count). The maximum atomic E-state index is 13.1. The standard InChI is InChI=1S/C21H17ClN2O4/c22-14-7-9-15(10-8-14)23-18-5-2-6-19(25)21(18)17(12-20(23)26)13-3-1-4-16(11-13)24(27)28/h1,3-4,7-11,17H,2,5-6,12H2. The van der Waals surface area contributed by atoms with Crippen molar-refractivity contribution in [1.82, 2.24) is 0 Å². The maximum absolute atomic E-state index is 13.1. The maximum Gasteiger partial charge on any atom is 0.269 e. The van der Waals surface area contributed by atoms with Crippen molar-refractivity contribution < 1.29 is 14.5 Å². The number of hydrogen-bond acceptors (Lipinski definition) is 4. The highest BCUT2D eigenvalue weighted by Gasteiger charge is 2.39. The first kappa shape index (κ1) is 18.4. The summed E-state index contributed by atoms with van der Waals surface area (Å²) in [6.45, 7) is 0. The van der Waals surface area contributed by atoms with E-state index >= 15 is 0 Å². The molecule has 1 amide bonds. The van der Waals surface area contributed by atoms with Gasteiger partial charge in [-0.2, -0.15) is 0 Å². The van der Waals surface area contributed by atoms with Crippen LogP contribution in [0.2, 0.25) is 5.02 Å². The van der Waals surface area contributed by atoms with E-state index in [-0.39, 0.29) is 23.8 Å². The average molecular weight is 397 g/mol. The Morgan fingerprint density at radius 3 is 2.54 bits per heavy atom. The van der Waals surface area contributed by atoms with Crippen molar-refractivity contribution >= 4 is 34.7 Å². The third kappa shape index (κ3) is 3.20. The van der Waals surface area contributed by atoms with E-state index in [0.29, 0.717) is 46.8 Å². The smallest absolute Gasteiger partial charge is 0.269 e. The van der Waals surface area contributed by atoms with E-state index in [0.717, 1.165) is 0 Å². The fourth-order valence-corrected chi connectivity index (χ4v) is 4.15. The van der Waals surface area contributed by atoms with Gasteiger partial charge in [-0.3, -0.25) is 24.6 Å². The van der Waals surface area contributed by atoms with Crippen molar-refractivity contribution in [2.75, 3.05) is 4.90 Å². The van der Waals surface area contributed by atoms with Crippen LogP contribution in [0.1, 0.15) is 37.2 Å². The number of nitrogens with zero attached hydrogens (tertiary/aromatic N) is 2. The number of carbonyl (C=O) groups excluding carboxylic acids is 2. The van der Waals surface area contributed by atoms with Gasteiger partial charge < -0.3 is 0 Å². The molecule has 6 nitrogen and oxygen atoms in total. The summed E-state index contributed by atoms with van der Waals surface area (Å²) in [5.74, 6) is -0.588. The molecule has 0 aromatic heterocycles. The molecule has 0 spiro atoms. The van der Waals surface area contributed by atoms with Crippen LogP contribution in [0.5, 0.6) is 0 Å². The van der Waals surface area contributed by atoms with E-state index in [2.05, 4.69) is 0 Å². The number of halogens is 1. The predicted octanol–water partition coefficient (Wildman–Crippen LogP) is 4.78. The molecule has 0 radical (unpaired) electrons. The molecule has 0 N–H and O–H groups in total. The van der Waals surface area contributed by atoms with E-state index in [9.17, 15) is 19.7 Å². The van der Waals surface area contributed by atoms with E-state index in [1.165, 1.54) is 12.1 Å². The lowest BCUT2D eigenvalue weighted by atomic mass is 9.77. The molecule has 1 aliphatic carbocycles. The van der Waals surface area contributed by atoms with E-state index in [1.54, 1.807) is 41.3 Å². The van der Waals surface area contributed by atoms with Crippen molar-refractivity contribution in [2.45, 2.75) is 31.6 Å². The lowest BCUT2D eigenvalue weighted by molar-refractivity contribution is -0.384. The molecule has 0 saturated heterocycles. The van der Waals surface area contributed by atoms with Gasteiger partial charge in [-0.15, -0.1) is 0 Å². The lowest BCUT2D eigenvalue weighted by Crippen LogP contribution is -2.40. The average Bonchev–Trinajstić information content (AvgIpc) is 2.68. The second kappa shape index (κ2) is 7.20. The Kier molecular flexibility index (Phi) is 4.73. The zero-order chi connectivity index (χ0) is 19.8. The summed E-state index contributed by atoms with van der Waals surface area (Å²) in [6.07, 6.45) is 1.80. The number of hydrogen-bond donors (Lipinski definition) is 0. The molecule has 1 atom stereocenters. The van der Waals surface area contributed by atoms with Crippen LogP contribution in [0, 0.1) is 10.1 Å². The highest BCUT2D eigenvalue weighted by Crippen LogP contribution is 2.43. The molecule has 28 heavy (non-hydrogen) atoms. The predicted molar refractivity (Wildman–Crippen MR) is 105 cm³/mol. The first-order chi connectivity index (χ1) is 13.5. The van der Waals surface area contributed by atoms with Crippen molar-refractivity contribution in [3.63, 3.8) is 0 Å². The number of allylic oxidation sites excluding steroid dienone is 2. The van der Waals surface area contributed by atoms with Crippen LogP contribution < -0.4 is 4.90 Å². The van der Waals surface area contributed by atoms with Gasteiger partial charge in [-0.05, 0) is 42.7 Å². The number of Topliss-reactive ketones (excluding diaryl/α,β-unsaturated/α-hetero) is 1. The largest absolute Gasteiger partial charge is 0.294 e. The summed E-state index contributed by atoms with van der Waals surface area (Å²) in [5.41, 5.74) is 2.55. The van der Waals surface area contributed by atoms with Gasteiger partial charge in [0.2, 0.25) is 5.91 Å². The molecule has 0 saturated carbocycles. The molecule has 0 fully saturated rings. The molecule has 2 aromatic carbocycles. The van der Waals surface area contributed by atoms with Crippen LogP contribution in [0.15, 0.2) is 59.8 Å². The lowest BCUT2D eigenvalue weighted by Gasteiger charge is -2.38. The van der Waals surface area contributed by atoms with E-state index in [4.69, 9.17) is 11.6 Å². The number of rotatable bonds is 3. The normalized spacial score (nSPS) is 19.6. The topological polar surface area (TPSA) is 80.5 Å². The fourth-order valence-electron chi connectivity index (χ4n) is 4.02. The van der Waals surface area contributed by atoms with Gasteiger partial charge in [0.15, 0.2) is 5.78 Å². The van der Waals surface area contributed by atoms with Gasteiger partial charge >= 0.3 is 0 Å². The first-order valence-electron chi connectivity index (χ1n) is 9.05. The molecular formula is C21H17ClN2O4. The molecule has 1 heterocycles. The molecule has 7 heteroatoms. The zero-order valence-corrected chi connectivity index (χ0v) is 15.7. The number of anilines is 1. The summed E-state index contributed by atoms with van der Waals surface area (Å²) in [5, 5.41) is 11.7. The number of benzene rings is 2. The Labute approximate surface area is 166 Å². The van der Waals surface area contributed by atoms with E-state index in [1.807, 2.05) is 0 Å². The number of carbonyl (C=O) groups is 2. The van der Waals surface area contributed by atoms with Gasteiger partial charge in [0, 0.05) is 52.9 Å². The Morgan fingerprint density at radius 1 is 1.07 bits per heavy atom. The van der Waals surface area contributed by atoms with Crippen molar-refractivity contribution in [2.24, 2.45) is 0 Å². The monoisotopic (exact) mass is 396 g/mol. The second-order valence-electron chi connectivity index (χ2n) is 6.95. The zero-order valence-electron chi connectivity index (χ0n) is 14.9. The number of non-ortho nitro benzene ring substituents is 1. The number of amides is 1. The van der Waals surface area contributed by atoms with Crippen LogP contribution in [0.3, 0.4) is 0 Å². The molecule has 0 bridgehead atoms. The molecule has 142 valence electrons.